The molecule has 1 heterocycles. The van der Waals surface area contributed by atoms with Crippen LogP contribution in [0.1, 0.15) is 74.2 Å². The number of para-hydroxylation sites is 1. The third-order valence-corrected chi connectivity index (χ3v) is 5.98. The van der Waals surface area contributed by atoms with Gasteiger partial charge in [0.1, 0.15) is 17.1 Å². The fraction of sp³-hybridized carbons (Fsp3) is 0.565. The Morgan fingerprint density at radius 2 is 1.88 bits per heavy atom. The number of esters is 2. The van der Waals surface area contributed by atoms with Crippen LogP contribution in [0.5, 0.6) is 5.75 Å². The average molecular weight is 459 g/mol. The molecule has 1 aliphatic carbocycles. The van der Waals surface area contributed by atoms with Crippen molar-refractivity contribution in [3.05, 3.63) is 29.3 Å². The first-order valence-electron chi connectivity index (χ1n) is 11.4. The van der Waals surface area contributed by atoms with Crippen LogP contribution in [0.4, 0.5) is 0 Å². The quantitative estimate of drug-likeness (QED) is 0.327. The maximum absolute atomic E-state index is 12.5. The van der Waals surface area contributed by atoms with Crippen LogP contribution in [-0.4, -0.2) is 48.5 Å². The summed E-state index contributed by atoms with van der Waals surface area (Å²) in [6.45, 7) is 0.909. The van der Waals surface area contributed by atoms with Gasteiger partial charge in [-0.25, -0.2) is 4.79 Å². The predicted molar refractivity (Wildman–Crippen MR) is 118 cm³/mol. The number of hydrogen-bond acceptors (Lipinski definition) is 8. The first-order chi connectivity index (χ1) is 15.8. The number of fused-ring (bicyclic) bond motifs is 1. The van der Waals surface area contributed by atoms with Crippen LogP contribution in [0.15, 0.2) is 18.2 Å². The van der Waals surface area contributed by atoms with E-state index in [1.54, 1.807) is 12.1 Å². The van der Waals surface area contributed by atoms with Crippen LogP contribution >= 0.6 is 0 Å². The molecule has 0 unspecified atom stereocenters. The van der Waals surface area contributed by atoms with Gasteiger partial charge in [0.15, 0.2) is 0 Å². The summed E-state index contributed by atoms with van der Waals surface area (Å²) in [6.07, 6.45) is 6.19. The number of benzene rings is 1. The fourth-order valence-corrected chi connectivity index (χ4v) is 4.19. The summed E-state index contributed by atoms with van der Waals surface area (Å²) in [5.41, 5.74) is 0.706. The molecule has 1 saturated carbocycles. The fourth-order valence-electron chi connectivity index (χ4n) is 4.19. The molecule has 1 aromatic carbocycles. The van der Waals surface area contributed by atoms with E-state index in [0.717, 1.165) is 25.7 Å². The van der Waals surface area contributed by atoms with E-state index in [2.05, 4.69) is 5.32 Å². The van der Waals surface area contributed by atoms with Gasteiger partial charge in [-0.05, 0) is 43.7 Å². The Hall–Kier alpha value is -2.88. The number of amides is 1. The smallest absolute Gasteiger partial charge is 0.534 e. The SMILES string of the molecule is CC(=O)CCC(=O)N[C@H]1Cc2cccc(C(=O)OCOC(=O)CC3CCCCC3)c2OB1O. The molecular weight excluding hydrogens is 429 g/mol. The summed E-state index contributed by atoms with van der Waals surface area (Å²) in [6, 6.07) is 4.85. The van der Waals surface area contributed by atoms with Crippen molar-refractivity contribution in [1.29, 1.82) is 0 Å². The Morgan fingerprint density at radius 3 is 2.61 bits per heavy atom. The molecule has 33 heavy (non-hydrogen) atoms. The van der Waals surface area contributed by atoms with Gasteiger partial charge in [-0.15, -0.1) is 0 Å². The number of Topliss-reactive ketones (excluding diaryl/α,β-unsaturated/α-hetero) is 1. The zero-order valence-corrected chi connectivity index (χ0v) is 18.8. The van der Waals surface area contributed by atoms with Crippen LogP contribution < -0.4 is 9.97 Å². The van der Waals surface area contributed by atoms with Gasteiger partial charge < -0.3 is 29.3 Å². The lowest BCUT2D eigenvalue weighted by Crippen LogP contribution is -2.53. The highest BCUT2D eigenvalue weighted by Gasteiger charge is 2.37. The van der Waals surface area contributed by atoms with Crippen LogP contribution in [0.25, 0.3) is 0 Å². The highest BCUT2D eigenvalue weighted by Crippen LogP contribution is 2.31. The highest BCUT2D eigenvalue weighted by atomic mass is 16.7. The lowest BCUT2D eigenvalue weighted by Gasteiger charge is -2.29. The number of hydrogen-bond donors (Lipinski definition) is 2. The summed E-state index contributed by atoms with van der Waals surface area (Å²) >= 11 is 0. The van der Waals surface area contributed by atoms with Gasteiger partial charge in [-0.1, -0.05) is 31.4 Å². The van der Waals surface area contributed by atoms with Gasteiger partial charge in [0.25, 0.3) is 0 Å². The van der Waals surface area contributed by atoms with Crippen molar-refractivity contribution < 1.29 is 38.3 Å². The first-order valence-corrected chi connectivity index (χ1v) is 11.4. The van der Waals surface area contributed by atoms with Crippen molar-refractivity contribution in [3.8, 4) is 5.75 Å². The molecule has 1 amide bonds. The van der Waals surface area contributed by atoms with E-state index in [4.69, 9.17) is 14.1 Å². The van der Waals surface area contributed by atoms with Crippen molar-refractivity contribution >= 4 is 30.7 Å². The molecule has 10 heteroatoms. The van der Waals surface area contributed by atoms with Crippen molar-refractivity contribution in [2.75, 3.05) is 6.79 Å². The summed E-state index contributed by atoms with van der Waals surface area (Å²) in [5.74, 6) is -1.82. The van der Waals surface area contributed by atoms with Crippen LogP contribution in [0, 0.1) is 5.92 Å². The van der Waals surface area contributed by atoms with E-state index in [9.17, 15) is 24.2 Å². The van der Waals surface area contributed by atoms with Crippen LogP contribution in [-0.2, 0) is 30.3 Å². The molecule has 1 fully saturated rings. The second-order valence-electron chi connectivity index (χ2n) is 8.66. The second kappa shape index (κ2) is 11.8. The van der Waals surface area contributed by atoms with Gasteiger partial charge in [-0.2, -0.15) is 0 Å². The Labute approximate surface area is 193 Å². The highest BCUT2D eigenvalue weighted by molar-refractivity contribution is 6.47. The molecule has 1 atom stereocenters. The van der Waals surface area contributed by atoms with Crippen molar-refractivity contribution in [2.24, 2.45) is 5.92 Å². The Kier molecular flexibility index (Phi) is 8.88. The molecular formula is C23H30BNO8. The number of carbonyl (C=O) groups is 4. The van der Waals surface area contributed by atoms with E-state index in [0.29, 0.717) is 17.9 Å². The van der Waals surface area contributed by atoms with Gasteiger partial charge in [0.2, 0.25) is 12.7 Å². The van der Waals surface area contributed by atoms with Crippen molar-refractivity contribution in [3.63, 3.8) is 0 Å². The molecule has 178 valence electrons. The van der Waals surface area contributed by atoms with Gasteiger partial charge >= 0.3 is 19.1 Å². The van der Waals surface area contributed by atoms with Crippen molar-refractivity contribution in [1.82, 2.24) is 5.32 Å². The van der Waals surface area contributed by atoms with E-state index in [1.807, 2.05) is 0 Å². The summed E-state index contributed by atoms with van der Waals surface area (Å²) in [4.78, 5) is 47.6. The molecule has 0 bridgehead atoms. The molecule has 3 rings (SSSR count). The Morgan fingerprint density at radius 1 is 1.12 bits per heavy atom. The summed E-state index contributed by atoms with van der Waals surface area (Å²) < 4.78 is 15.7. The monoisotopic (exact) mass is 459 g/mol. The lowest BCUT2D eigenvalue weighted by molar-refractivity contribution is -0.153. The molecule has 9 nitrogen and oxygen atoms in total. The molecule has 1 aliphatic heterocycles. The lowest BCUT2D eigenvalue weighted by atomic mass is 9.72. The molecule has 0 aromatic heterocycles. The minimum atomic E-state index is -1.37. The topological polar surface area (TPSA) is 128 Å². The van der Waals surface area contributed by atoms with Crippen LogP contribution in [0.2, 0.25) is 0 Å². The van der Waals surface area contributed by atoms with Gasteiger partial charge in [0, 0.05) is 19.3 Å². The van der Waals surface area contributed by atoms with E-state index in [-0.39, 0.29) is 48.2 Å². The standard InChI is InChI=1S/C23H30BNO8/c1-15(26)10-11-20(27)25-19-13-17-8-5-9-18(22(17)33-24(19)30)23(29)32-14-31-21(28)12-16-6-3-2-4-7-16/h5,8-9,16,19,30H,2-4,6-7,10-14H2,1H3,(H,25,27)/t19-/m0/s1. The number of rotatable bonds is 9. The van der Waals surface area contributed by atoms with E-state index >= 15 is 0 Å². The van der Waals surface area contributed by atoms with Gasteiger partial charge in [0.05, 0.1) is 5.94 Å². The van der Waals surface area contributed by atoms with Crippen molar-refractivity contribution in [2.45, 2.75) is 70.7 Å². The number of nitrogens with one attached hydrogen (secondary N) is 1. The van der Waals surface area contributed by atoms with Gasteiger partial charge in [-0.3, -0.25) is 9.59 Å². The van der Waals surface area contributed by atoms with Crippen LogP contribution in [0.3, 0.4) is 0 Å². The summed E-state index contributed by atoms with van der Waals surface area (Å²) in [5, 5.41) is 13.0. The molecule has 2 N–H and O–H groups in total. The molecule has 0 spiro atoms. The minimum Gasteiger partial charge on any atom is -0.534 e. The van der Waals surface area contributed by atoms with E-state index in [1.165, 1.54) is 19.4 Å². The third-order valence-electron chi connectivity index (χ3n) is 5.98. The Bertz CT molecular complexity index is 883. The normalized spacial score (nSPS) is 18.0. The molecule has 0 radical (unpaired) electrons. The number of ether oxygens (including phenoxy) is 2. The minimum absolute atomic E-state index is 0.0250. The largest absolute Gasteiger partial charge is 0.547 e. The Balaban J connectivity index is 1.52. The zero-order chi connectivity index (χ0) is 23.8. The van der Waals surface area contributed by atoms with E-state index < -0.39 is 25.8 Å². The number of carbonyl (C=O) groups excluding carboxylic acids is 4. The molecule has 0 saturated heterocycles. The average Bonchev–Trinajstić information content (AvgIpc) is 2.78. The first kappa shape index (κ1) is 24.8. The maximum atomic E-state index is 12.5. The zero-order valence-electron chi connectivity index (χ0n) is 18.8. The number of ketones is 1. The second-order valence-corrected chi connectivity index (χ2v) is 8.66. The maximum Gasteiger partial charge on any atom is 0.547 e. The summed E-state index contributed by atoms with van der Waals surface area (Å²) in [7, 11) is -1.37. The molecule has 2 aliphatic rings. The molecule has 1 aromatic rings. The predicted octanol–water partition coefficient (Wildman–Crippen LogP) is 2.12. The third kappa shape index (κ3) is 7.31.